The maximum Gasteiger partial charge on any atom is 0.204 e. The van der Waals surface area contributed by atoms with Crippen LogP contribution in [0.5, 0.6) is 0 Å². The van der Waals surface area contributed by atoms with E-state index in [1.807, 2.05) is 16.8 Å². The minimum Gasteiger partial charge on any atom is -0.245 e. The topological polar surface area (TPSA) is 85.2 Å². The highest BCUT2D eigenvalue weighted by atomic mass is 32.1. The highest BCUT2D eigenvalue weighted by Gasteiger charge is 2.10. The summed E-state index contributed by atoms with van der Waals surface area (Å²) in [4.78, 5) is 4.75. The second-order valence-electron chi connectivity index (χ2n) is 7.69. The SMILES string of the molecule is SCCCc1nc(CCCS)n(Cc2ccc(Cc3cccc(-c4nn[nH]n4)c3)cc2)n1. The highest BCUT2D eigenvalue weighted by Crippen LogP contribution is 2.18. The van der Waals surface area contributed by atoms with Crippen molar-refractivity contribution in [1.82, 2.24) is 35.4 Å². The monoisotopic (exact) mass is 465 g/mol. The normalized spacial score (nSPS) is 11.2. The fraction of sp³-hybridized carbons (Fsp3) is 0.348. The van der Waals surface area contributed by atoms with Gasteiger partial charge < -0.3 is 0 Å². The van der Waals surface area contributed by atoms with E-state index >= 15 is 0 Å². The van der Waals surface area contributed by atoms with Crippen LogP contribution in [0, 0.1) is 0 Å². The first kappa shape index (κ1) is 22.5. The standard InChI is InChI=1S/C23H27N7S2/c31-12-2-6-21-24-22(7-3-13-32)30(27-21)16-18-10-8-17(9-11-18)14-19-4-1-5-20(15-19)23-25-28-29-26-23/h1,4-5,8-11,15,31-32H,2-3,6-7,12-14,16H2,(H,25,26,28,29). The zero-order chi connectivity index (χ0) is 22.2. The lowest BCUT2D eigenvalue weighted by atomic mass is 10.0. The summed E-state index contributed by atoms with van der Waals surface area (Å²) in [6.07, 6.45) is 4.59. The molecule has 32 heavy (non-hydrogen) atoms. The van der Waals surface area contributed by atoms with Crippen molar-refractivity contribution in [2.45, 2.75) is 38.6 Å². The number of hydrogen-bond acceptors (Lipinski definition) is 7. The molecule has 2 aromatic carbocycles. The maximum absolute atomic E-state index is 4.75. The molecule has 0 unspecified atom stereocenters. The van der Waals surface area contributed by atoms with Crippen molar-refractivity contribution < 1.29 is 0 Å². The third-order valence-corrected chi connectivity index (χ3v) is 5.84. The average Bonchev–Trinajstić information content (AvgIpc) is 3.48. The molecule has 0 bridgehead atoms. The molecule has 0 atom stereocenters. The molecular formula is C23H27N7S2. The second-order valence-corrected chi connectivity index (χ2v) is 8.58. The largest absolute Gasteiger partial charge is 0.245 e. The zero-order valence-corrected chi connectivity index (χ0v) is 19.6. The summed E-state index contributed by atoms with van der Waals surface area (Å²) in [5, 5.41) is 19.0. The first-order chi connectivity index (χ1) is 15.7. The minimum absolute atomic E-state index is 0.609. The number of rotatable bonds is 11. The number of tetrazole rings is 1. The molecule has 0 saturated heterocycles. The number of aryl methyl sites for hydroxylation is 2. The molecule has 0 aliphatic heterocycles. The summed E-state index contributed by atoms with van der Waals surface area (Å²) in [5.74, 6) is 4.25. The molecule has 0 saturated carbocycles. The number of aromatic nitrogens is 7. The Morgan fingerprint density at radius 1 is 0.875 bits per heavy atom. The van der Waals surface area contributed by atoms with Crippen molar-refractivity contribution in [3.63, 3.8) is 0 Å². The molecule has 0 radical (unpaired) electrons. The van der Waals surface area contributed by atoms with E-state index in [0.717, 1.165) is 67.4 Å². The first-order valence-electron chi connectivity index (χ1n) is 10.8. The van der Waals surface area contributed by atoms with Crippen LogP contribution >= 0.6 is 25.3 Å². The number of H-pyrrole nitrogens is 1. The molecule has 0 spiro atoms. The fourth-order valence-corrected chi connectivity index (χ4v) is 3.91. The third kappa shape index (κ3) is 5.98. The van der Waals surface area contributed by atoms with Gasteiger partial charge in [0.1, 0.15) is 5.82 Å². The van der Waals surface area contributed by atoms with Gasteiger partial charge in [-0.25, -0.2) is 9.67 Å². The molecule has 7 nitrogen and oxygen atoms in total. The van der Waals surface area contributed by atoms with Gasteiger partial charge in [-0.1, -0.05) is 42.5 Å². The van der Waals surface area contributed by atoms with Crippen LogP contribution in [-0.4, -0.2) is 46.9 Å². The van der Waals surface area contributed by atoms with Gasteiger partial charge in [0.2, 0.25) is 5.82 Å². The van der Waals surface area contributed by atoms with Crippen molar-refractivity contribution >= 4 is 25.3 Å². The van der Waals surface area contributed by atoms with Crippen LogP contribution in [0.3, 0.4) is 0 Å². The lowest BCUT2D eigenvalue weighted by Crippen LogP contribution is -2.07. The Morgan fingerprint density at radius 2 is 1.66 bits per heavy atom. The predicted molar refractivity (Wildman–Crippen MR) is 132 cm³/mol. The Morgan fingerprint density at radius 3 is 2.41 bits per heavy atom. The molecule has 4 aromatic rings. The molecule has 0 fully saturated rings. The van der Waals surface area contributed by atoms with Crippen molar-refractivity contribution in [2.24, 2.45) is 0 Å². The van der Waals surface area contributed by atoms with E-state index in [0.29, 0.717) is 5.82 Å². The van der Waals surface area contributed by atoms with E-state index in [-0.39, 0.29) is 0 Å². The number of nitrogens with one attached hydrogen (secondary N) is 1. The van der Waals surface area contributed by atoms with Crippen LogP contribution in [0.4, 0.5) is 0 Å². The lowest BCUT2D eigenvalue weighted by Gasteiger charge is -2.08. The van der Waals surface area contributed by atoms with Crippen molar-refractivity contribution in [3.8, 4) is 11.4 Å². The van der Waals surface area contributed by atoms with Gasteiger partial charge in [-0.05, 0) is 58.7 Å². The van der Waals surface area contributed by atoms with Gasteiger partial charge in [-0.3, -0.25) is 0 Å². The van der Waals surface area contributed by atoms with E-state index in [1.54, 1.807) is 0 Å². The quantitative estimate of drug-likeness (QED) is 0.293. The first-order valence-corrected chi connectivity index (χ1v) is 12.1. The molecule has 0 amide bonds. The molecule has 2 aromatic heterocycles. The van der Waals surface area contributed by atoms with Crippen molar-refractivity contribution in [3.05, 3.63) is 76.9 Å². The van der Waals surface area contributed by atoms with Gasteiger partial charge in [0.25, 0.3) is 0 Å². The van der Waals surface area contributed by atoms with Crippen LogP contribution in [-0.2, 0) is 25.8 Å². The zero-order valence-electron chi connectivity index (χ0n) is 17.9. The van der Waals surface area contributed by atoms with Gasteiger partial charge in [-0.2, -0.15) is 35.6 Å². The molecular weight excluding hydrogens is 438 g/mol. The summed E-state index contributed by atoms with van der Waals surface area (Å²) in [6.45, 7) is 0.726. The Hall–Kier alpha value is -2.65. The Kier molecular flexibility index (Phi) is 7.95. The van der Waals surface area contributed by atoms with E-state index < -0.39 is 0 Å². The van der Waals surface area contributed by atoms with Crippen LogP contribution in [0.15, 0.2) is 48.5 Å². The maximum atomic E-state index is 4.75. The Balaban J connectivity index is 1.44. The third-order valence-electron chi connectivity index (χ3n) is 5.20. The number of benzene rings is 2. The predicted octanol–water partition coefficient (Wildman–Crippen LogP) is 3.82. The van der Waals surface area contributed by atoms with Crippen LogP contribution < -0.4 is 0 Å². The summed E-state index contributed by atoms with van der Waals surface area (Å²) in [7, 11) is 0. The Bertz CT molecular complexity index is 1110. The summed E-state index contributed by atoms with van der Waals surface area (Å²) >= 11 is 8.65. The fourth-order valence-electron chi connectivity index (χ4n) is 3.59. The van der Waals surface area contributed by atoms with Crippen LogP contribution in [0.1, 0.15) is 41.2 Å². The lowest BCUT2D eigenvalue weighted by molar-refractivity contribution is 0.624. The molecule has 166 valence electrons. The van der Waals surface area contributed by atoms with Gasteiger partial charge >= 0.3 is 0 Å². The molecule has 4 rings (SSSR count). The molecule has 0 aliphatic carbocycles. The van der Waals surface area contributed by atoms with Gasteiger partial charge in [0.15, 0.2) is 5.82 Å². The minimum atomic E-state index is 0.609. The summed E-state index contributed by atoms with van der Waals surface area (Å²) in [5.41, 5.74) is 4.63. The second kappa shape index (κ2) is 11.3. The van der Waals surface area contributed by atoms with E-state index in [9.17, 15) is 0 Å². The smallest absolute Gasteiger partial charge is 0.204 e. The van der Waals surface area contributed by atoms with Crippen LogP contribution in [0.25, 0.3) is 11.4 Å². The van der Waals surface area contributed by atoms with Crippen LogP contribution in [0.2, 0.25) is 0 Å². The van der Waals surface area contributed by atoms with Gasteiger partial charge in [0, 0.05) is 18.4 Å². The molecule has 1 N–H and O–H groups in total. The number of thiol groups is 2. The van der Waals surface area contributed by atoms with Crippen molar-refractivity contribution in [1.29, 1.82) is 0 Å². The molecule has 0 aliphatic rings. The summed E-state index contributed by atoms with van der Waals surface area (Å²) < 4.78 is 2.04. The van der Waals surface area contributed by atoms with Crippen molar-refractivity contribution in [2.75, 3.05) is 11.5 Å². The van der Waals surface area contributed by atoms with Gasteiger partial charge in [-0.15, -0.1) is 10.2 Å². The molecule has 9 heteroatoms. The molecule has 2 heterocycles. The number of nitrogens with zero attached hydrogens (tertiary/aromatic N) is 6. The summed E-state index contributed by atoms with van der Waals surface area (Å²) in [6, 6.07) is 17.0. The van der Waals surface area contributed by atoms with Gasteiger partial charge in [0.05, 0.1) is 6.54 Å². The number of hydrogen-bond donors (Lipinski definition) is 3. The highest BCUT2D eigenvalue weighted by molar-refractivity contribution is 7.80. The van der Waals surface area contributed by atoms with E-state index in [2.05, 4.69) is 82.3 Å². The number of aromatic amines is 1. The average molecular weight is 466 g/mol. The Labute approximate surface area is 198 Å². The van der Waals surface area contributed by atoms with E-state index in [1.165, 1.54) is 16.7 Å². The van der Waals surface area contributed by atoms with E-state index in [4.69, 9.17) is 10.1 Å².